The van der Waals surface area contributed by atoms with Crippen molar-refractivity contribution in [3.8, 4) is 0 Å². The molecule has 0 aliphatic carbocycles. The molecule has 0 bridgehead atoms. The highest BCUT2D eigenvalue weighted by atomic mass is 19.4. The fourth-order valence-electron chi connectivity index (χ4n) is 3.17. The Morgan fingerprint density at radius 1 is 1.21 bits per heavy atom. The lowest BCUT2D eigenvalue weighted by molar-refractivity contribution is -0.152. The molecule has 1 saturated heterocycles. The number of hydrogen-bond donors (Lipinski definition) is 0. The third-order valence-electron chi connectivity index (χ3n) is 4.83. The zero-order valence-corrected chi connectivity index (χ0v) is 16.5. The van der Waals surface area contributed by atoms with Crippen LogP contribution in [-0.4, -0.2) is 60.9 Å². The summed E-state index contributed by atoms with van der Waals surface area (Å²) in [4.78, 5) is 39.5. The predicted octanol–water partition coefficient (Wildman–Crippen LogP) is 2.51. The molecule has 0 N–H and O–H groups in total. The van der Waals surface area contributed by atoms with Crippen molar-refractivity contribution in [2.45, 2.75) is 32.4 Å². The van der Waals surface area contributed by atoms with Crippen LogP contribution in [0.25, 0.3) is 0 Å². The Morgan fingerprint density at radius 2 is 1.86 bits per heavy atom. The maximum atomic E-state index is 12.6. The molecular formula is C20H25F3N2O4. The summed E-state index contributed by atoms with van der Waals surface area (Å²) < 4.78 is 42.8. The molecule has 6 nitrogen and oxygen atoms in total. The minimum Gasteiger partial charge on any atom is -0.466 e. The molecule has 0 radical (unpaired) electrons. The fourth-order valence-corrected chi connectivity index (χ4v) is 3.17. The van der Waals surface area contributed by atoms with E-state index in [2.05, 4.69) is 0 Å². The second kappa shape index (κ2) is 9.76. The van der Waals surface area contributed by atoms with Gasteiger partial charge in [0.1, 0.15) is 0 Å². The number of hydrogen-bond acceptors (Lipinski definition) is 4. The van der Waals surface area contributed by atoms with Crippen LogP contribution in [0.15, 0.2) is 24.3 Å². The maximum Gasteiger partial charge on any atom is 0.416 e. The third kappa shape index (κ3) is 6.47. The molecule has 9 heteroatoms. The smallest absolute Gasteiger partial charge is 0.416 e. The van der Waals surface area contributed by atoms with Gasteiger partial charge in [0.05, 0.1) is 31.1 Å². The maximum absolute atomic E-state index is 12.6. The minimum atomic E-state index is -4.43. The van der Waals surface area contributed by atoms with Crippen LogP contribution in [0.4, 0.5) is 13.2 Å². The van der Waals surface area contributed by atoms with Crippen molar-refractivity contribution in [1.29, 1.82) is 0 Å². The summed E-state index contributed by atoms with van der Waals surface area (Å²) in [5.41, 5.74) is -0.346. The summed E-state index contributed by atoms with van der Waals surface area (Å²) in [6, 6.07) is 4.37. The van der Waals surface area contributed by atoms with Crippen molar-refractivity contribution in [3.05, 3.63) is 35.4 Å². The molecule has 1 unspecified atom stereocenters. The molecule has 160 valence electrons. The van der Waals surface area contributed by atoms with E-state index in [4.69, 9.17) is 4.74 Å². The van der Waals surface area contributed by atoms with Crippen molar-refractivity contribution < 1.29 is 32.3 Å². The van der Waals surface area contributed by atoms with Gasteiger partial charge in [0.25, 0.3) is 0 Å². The van der Waals surface area contributed by atoms with E-state index in [-0.39, 0.29) is 49.8 Å². The van der Waals surface area contributed by atoms with Gasteiger partial charge in [-0.1, -0.05) is 12.1 Å². The van der Waals surface area contributed by atoms with E-state index in [0.29, 0.717) is 24.9 Å². The predicted molar refractivity (Wildman–Crippen MR) is 98.7 cm³/mol. The molecule has 1 aromatic carbocycles. The van der Waals surface area contributed by atoms with Crippen LogP contribution in [0.5, 0.6) is 0 Å². The minimum absolute atomic E-state index is 0.104. The lowest BCUT2D eigenvalue weighted by atomic mass is 9.98. The average Bonchev–Trinajstić information content (AvgIpc) is 2.68. The molecule has 0 saturated carbocycles. The zero-order chi connectivity index (χ0) is 21.6. The number of rotatable bonds is 6. The van der Waals surface area contributed by atoms with Crippen LogP contribution in [0.3, 0.4) is 0 Å². The number of piperidine rings is 1. The third-order valence-corrected chi connectivity index (χ3v) is 4.83. The van der Waals surface area contributed by atoms with Gasteiger partial charge in [-0.25, -0.2) is 0 Å². The van der Waals surface area contributed by atoms with Gasteiger partial charge in [-0.2, -0.15) is 13.2 Å². The van der Waals surface area contributed by atoms with Crippen molar-refractivity contribution in [3.63, 3.8) is 0 Å². The Bertz CT molecular complexity index is 734. The van der Waals surface area contributed by atoms with Crippen LogP contribution in [-0.2, 0) is 31.7 Å². The van der Waals surface area contributed by atoms with Gasteiger partial charge in [0.2, 0.25) is 11.8 Å². The first-order valence-corrected chi connectivity index (χ1v) is 9.46. The second-order valence-corrected chi connectivity index (χ2v) is 7.05. The Kier molecular flexibility index (Phi) is 7.64. The first kappa shape index (κ1) is 22.7. The molecule has 1 aromatic rings. The largest absolute Gasteiger partial charge is 0.466 e. The summed E-state index contributed by atoms with van der Waals surface area (Å²) in [5.74, 6) is -1.34. The lowest BCUT2D eigenvalue weighted by Gasteiger charge is -2.32. The quantitative estimate of drug-likeness (QED) is 0.671. The van der Waals surface area contributed by atoms with Crippen molar-refractivity contribution in [1.82, 2.24) is 9.80 Å². The summed E-state index contributed by atoms with van der Waals surface area (Å²) in [6.45, 7) is 2.62. The second-order valence-electron chi connectivity index (χ2n) is 7.05. The van der Waals surface area contributed by atoms with Crippen LogP contribution in [0, 0.1) is 5.92 Å². The van der Waals surface area contributed by atoms with Crippen LogP contribution in [0.1, 0.15) is 30.9 Å². The number of benzene rings is 1. The van der Waals surface area contributed by atoms with E-state index in [9.17, 15) is 27.6 Å². The van der Waals surface area contributed by atoms with Gasteiger partial charge < -0.3 is 14.5 Å². The summed E-state index contributed by atoms with van der Waals surface area (Å²) >= 11 is 0. The molecule has 1 aliphatic heterocycles. The van der Waals surface area contributed by atoms with E-state index >= 15 is 0 Å². The Balaban J connectivity index is 1.88. The molecule has 0 spiro atoms. The Morgan fingerprint density at radius 3 is 2.45 bits per heavy atom. The highest BCUT2D eigenvalue weighted by molar-refractivity contribution is 5.86. The zero-order valence-electron chi connectivity index (χ0n) is 16.5. The van der Waals surface area contributed by atoms with E-state index in [1.54, 1.807) is 11.8 Å². The molecular weight excluding hydrogens is 389 g/mol. The number of alkyl halides is 3. The van der Waals surface area contributed by atoms with Crippen molar-refractivity contribution in [2.24, 2.45) is 5.92 Å². The van der Waals surface area contributed by atoms with Crippen molar-refractivity contribution >= 4 is 17.8 Å². The monoisotopic (exact) mass is 414 g/mol. The van der Waals surface area contributed by atoms with E-state index in [1.807, 2.05) is 0 Å². The van der Waals surface area contributed by atoms with Gasteiger partial charge in [-0.15, -0.1) is 0 Å². The number of nitrogens with zero attached hydrogens (tertiary/aromatic N) is 2. The number of likely N-dealkylation sites (N-methyl/N-ethyl adjacent to an activating group) is 1. The molecule has 2 amide bonds. The van der Waals surface area contributed by atoms with Crippen LogP contribution >= 0.6 is 0 Å². The van der Waals surface area contributed by atoms with Gasteiger partial charge in [0.15, 0.2) is 0 Å². The SMILES string of the molecule is CCOC(=O)C1CCCN(C(=O)CN(C)C(=O)Cc2ccc(C(F)(F)F)cc2)C1. The standard InChI is InChI=1S/C20H25F3N2O4/c1-3-29-19(28)15-5-4-10-25(12-15)18(27)13-24(2)17(26)11-14-6-8-16(9-7-14)20(21,22)23/h6-9,15H,3-5,10-13H2,1-2H3. The van der Waals surface area contributed by atoms with Crippen LogP contribution < -0.4 is 0 Å². The summed E-state index contributed by atoms with van der Waals surface area (Å²) in [5, 5.41) is 0. The fraction of sp³-hybridized carbons (Fsp3) is 0.550. The first-order valence-electron chi connectivity index (χ1n) is 9.46. The Hall–Kier alpha value is -2.58. The molecule has 2 rings (SSSR count). The Labute approximate surface area is 167 Å². The average molecular weight is 414 g/mol. The molecule has 1 atom stereocenters. The number of amides is 2. The number of carbonyl (C=O) groups is 3. The molecule has 1 fully saturated rings. The van der Waals surface area contributed by atoms with E-state index < -0.39 is 11.7 Å². The molecule has 1 aliphatic rings. The van der Waals surface area contributed by atoms with Gasteiger partial charge >= 0.3 is 12.1 Å². The number of ether oxygens (including phenoxy) is 1. The highest BCUT2D eigenvalue weighted by Crippen LogP contribution is 2.29. The molecule has 0 aromatic heterocycles. The number of carbonyl (C=O) groups excluding carboxylic acids is 3. The summed E-state index contributed by atoms with van der Waals surface area (Å²) in [6.07, 6.45) is -3.20. The summed E-state index contributed by atoms with van der Waals surface area (Å²) in [7, 11) is 1.47. The highest BCUT2D eigenvalue weighted by Gasteiger charge is 2.31. The molecule has 29 heavy (non-hydrogen) atoms. The first-order chi connectivity index (χ1) is 13.6. The van der Waals surface area contributed by atoms with Crippen LogP contribution in [0.2, 0.25) is 0 Å². The lowest BCUT2D eigenvalue weighted by Crippen LogP contribution is -2.47. The molecule has 1 heterocycles. The number of likely N-dealkylation sites (tertiary alicyclic amines) is 1. The van der Waals surface area contributed by atoms with Gasteiger partial charge in [-0.3, -0.25) is 14.4 Å². The normalized spacial score (nSPS) is 17.0. The van der Waals surface area contributed by atoms with E-state index in [1.165, 1.54) is 24.1 Å². The topological polar surface area (TPSA) is 66.9 Å². The van der Waals surface area contributed by atoms with E-state index in [0.717, 1.165) is 12.1 Å². The van der Waals surface area contributed by atoms with Gasteiger partial charge in [0, 0.05) is 20.1 Å². The van der Waals surface area contributed by atoms with Crippen molar-refractivity contribution in [2.75, 3.05) is 33.3 Å². The van der Waals surface area contributed by atoms with Gasteiger partial charge in [-0.05, 0) is 37.5 Å². The number of halogens is 3. The number of esters is 1.